The summed E-state index contributed by atoms with van der Waals surface area (Å²) in [4.78, 5) is 0. The number of rotatable bonds is 0. The third kappa shape index (κ3) is 1.05. The van der Waals surface area contributed by atoms with Crippen LogP contribution in [0.1, 0.15) is 11.1 Å². The van der Waals surface area contributed by atoms with E-state index in [2.05, 4.69) is 5.16 Å². The van der Waals surface area contributed by atoms with E-state index in [1.807, 2.05) is 30.3 Å². The predicted molar refractivity (Wildman–Crippen MR) is 61.0 cm³/mol. The van der Waals surface area contributed by atoms with Crippen LogP contribution in [0.2, 0.25) is 0 Å². The van der Waals surface area contributed by atoms with Crippen molar-refractivity contribution in [2.45, 2.75) is 0 Å². The molecule has 1 aliphatic rings. The first-order valence-corrected chi connectivity index (χ1v) is 4.96. The van der Waals surface area contributed by atoms with E-state index in [1.165, 1.54) is 0 Å². The lowest BCUT2D eigenvalue weighted by molar-refractivity contribution is 0.320. The maximum atomic E-state index is 9.45. The number of oxime groups is 1. The average molecular weight is 211 g/mol. The summed E-state index contributed by atoms with van der Waals surface area (Å²) in [7, 11) is 0. The lowest BCUT2D eigenvalue weighted by Gasteiger charge is -1.99. The van der Waals surface area contributed by atoms with Gasteiger partial charge in [-0.3, -0.25) is 0 Å². The first-order chi connectivity index (χ1) is 7.81. The number of benzene rings is 2. The summed E-state index contributed by atoms with van der Waals surface area (Å²) >= 11 is 0. The van der Waals surface area contributed by atoms with Gasteiger partial charge in [0.05, 0.1) is 0 Å². The highest BCUT2D eigenvalue weighted by Gasteiger charge is 2.24. The Kier molecular flexibility index (Phi) is 1.74. The molecule has 3 nitrogen and oxygen atoms in total. The van der Waals surface area contributed by atoms with Crippen molar-refractivity contribution in [2.75, 3.05) is 0 Å². The Morgan fingerprint density at radius 3 is 2.25 bits per heavy atom. The van der Waals surface area contributed by atoms with Crippen LogP contribution in [-0.4, -0.2) is 16.0 Å². The SMILES string of the molecule is O/N=C1\c2ccccc2-c2ccc(O)cc21. The van der Waals surface area contributed by atoms with Crippen LogP contribution in [0, 0.1) is 0 Å². The highest BCUT2D eigenvalue weighted by atomic mass is 16.4. The minimum Gasteiger partial charge on any atom is -0.508 e. The molecule has 0 bridgehead atoms. The molecule has 2 aromatic rings. The van der Waals surface area contributed by atoms with Crippen molar-refractivity contribution < 1.29 is 10.3 Å². The molecule has 0 saturated heterocycles. The Balaban J connectivity index is 2.39. The van der Waals surface area contributed by atoms with Crippen LogP contribution in [0.15, 0.2) is 47.6 Å². The van der Waals surface area contributed by atoms with Gasteiger partial charge in [-0.05, 0) is 23.3 Å². The molecule has 16 heavy (non-hydrogen) atoms. The van der Waals surface area contributed by atoms with Crippen LogP contribution in [0.5, 0.6) is 5.75 Å². The zero-order chi connectivity index (χ0) is 11.1. The minimum atomic E-state index is 0.174. The van der Waals surface area contributed by atoms with Gasteiger partial charge in [-0.2, -0.15) is 0 Å². The summed E-state index contributed by atoms with van der Waals surface area (Å²) in [5, 5.41) is 21.8. The zero-order valence-electron chi connectivity index (χ0n) is 8.38. The molecule has 3 heteroatoms. The number of fused-ring (bicyclic) bond motifs is 3. The number of phenolic OH excluding ortho intramolecular Hbond substituents is 1. The van der Waals surface area contributed by atoms with E-state index in [9.17, 15) is 5.11 Å². The van der Waals surface area contributed by atoms with Crippen molar-refractivity contribution >= 4 is 5.71 Å². The Labute approximate surface area is 92.3 Å². The zero-order valence-corrected chi connectivity index (χ0v) is 8.38. The molecule has 1 aliphatic carbocycles. The minimum absolute atomic E-state index is 0.174. The number of hydrogen-bond acceptors (Lipinski definition) is 3. The van der Waals surface area contributed by atoms with E-state index in [1.54, 1.807) is 12.1 Å². The average Bonchev–Trinajstić information content (AvgIpc) is 2.61. The van der Waals surface area contributed by atoms with Gasteiger partial charge in [0.25, 0.3) is 0 Å². The molecule has 0 amide bonds. The van der Waals surface area contributed by atoms with E-state index in [0.29, 0.717) is 5.71 Å². The molecule has 0 heterocycles. The van der Waals surface area contributed by atoms with Crippen molar-refractivity contribution in [2.24, 2.45) is 5.16 Å². The van der Waals surface area contributed by atoms with E-state index in [-0.39, 0.29) is 5.75 Å². The molecule has 2 aromatic carbocycles. The fourth-order valence-corrected chi connectivity index (χ4v) is 2.14. The predicted octanol–water partition coefficient (Wildman–Crippen LogP) is 2.60. The molecule has 3 rings (SSSR count). The summed E-state index contributed by atoms with van der Waals surface area (Å²) in [5.74, 6) is 0.174. The second-order valence-corrected chi connectivity index (χ2v) is 3.72. The Morgan fingerprint density at radius 2 is 1.50 bits per heavy atom. The molecule has 0 unspecified atom stereocenters. The van der Waals surface area contributed by atoms with Gasteiger partial charge in [-0.15, -0.1) is 0 Å². The smallest absolute Gasteiger partial charge is 0.118 e. The number of nitrogens with zero attached hydrogens (tertiary/aromatic N) is 1. The first kappa shape index (κ1) is 8.97. The van der Waals surface area contributed by atoms with Gasteiger partial charge in [0.15, 0.2) is 0 Å². The lowest BCUT2D eigenvalue weighted by Crippen LogP contribution is -1.97. The summed E-state index contributed by atoms with van der Waals surface area (Å²) in [6.45, 7) is 0. The number of phenols is 1. The highest BCUT2D eigenvalue weighted by Crippen LogP contribution is 2.38. The van der Waals surface area contributed by atoms with Crippen LogP contribution >= 0.6 is 0 Å². The molecular weight excluding hydrogens is 202 g/mol. The largest absolute Gasteiger partial charge is 0.508 e. The van der Waals surface area contributed by atoms with Gasteiger partial charge in [-0.1, -0.05) is 35.5 Å². The fourth-order valence-electron chi connectivity index (χ4n) is 2.14. The van der Waals surface area contributed by atoms with E-state index in [0.717, 1.165) is 22.3 Å². The maximum Gasteiger partial charge on any atom is 0.118 e. The molecule has 78 valence electrons. The molecular formula is C13H9NO2. The normalized spacial score (nSPS) is 14.9. The van der Waals surface area contributed by atoms with E-state index >= 15 is 0 Å². The van der Waals surface area contributed by atoms with Crippen molar-refractivity contribution in [3.63, 3.8) is 0 Å². The van der Waals surface area contributed by atoms with Gasteiger partial charge < -0.3 is 10.3 Å². The van der Waals surface area contributed by atoms with Crippen LogP contribution in [0.3, 0.4) is 0 Å². The molecule has 0 radical (unpaired) electrons. The lowest BCUT2D eigenvalue weighted by atomic mass is 10.1. The summed E-state index contributed by atoms with van der Waals surface area (Å²) in [5.41, 5.74) is 4.20. The van der Waals surface area contributed by atoms with Gasteiger partial charge in [0, 0.05) is 11.1 Å². The second-order valence-electron chi connectivity index (χ2n) is 3.72. The highest BCUT2D eigenvalue weighted by molar-refractivity contribution is 6.24. The Bertz CT molecular complexity index is 603. The van der Waals surface area contributed by atoms with Crippen LogP contribution in [0.4, 0.5) is 0 Å². The van der Waals surface area contributed by atoms with Crippen molar-refractivity contribution in [1.82, 2.24) is 0 Å². The molecule has 2 N–H and O–H groups in total. The number of hydrogen-bond donors (Lipinski definition) is 2. The van der Waals surface area contributed by atoms with Gasteiger partial charge in [0.1, 0.15) is 11.5 Å². The third-order valence-electron chi connectivity index (χ3n) is 2.83. The van der Waals surface area contributed by atoms with Crippen molar-refractivity contribution in [3.05, 3.63) is 53.6 Å². The van der Waals surface area contributed by atoms with E-state index < -0.39 is 0 Å². The van der Waals surface area contributed by atoms with Gasteiger partial charge >= 0.3 is 0 Å². The van der Waals surface area contributed by atoms with Gasteiger partial charge in [0.2, 0.25) is 0 Å². The Morgan fingerprint density at radius 1 is 0.812 bits per heavy atom. The molecule has 0 atom stereocenters. The summed E-state index contributed by atoms with van der Waals surface area (Å²) < 4.78 is 0. The third-order valence-corrected chi connectivity index (χ3v) is 2.83. The monoisotopic (exact) mass is 211 g/mol. The van der Waals surface area contributed by atoms with E-state index in [4.69, 9.17) is 5.21 Å². The second kappa shape index (κ2) is 3.10. The van der Waals surface area contributed by atoms with Crippen molar-refractivity contribution in [1.29, 1.82) is 0 Å². The summed E-state index contributed by atoms with van der Waals surface area (Å²) in [6, 6.07) is 12.8. The topological polar surface area (TPSA) is 52.8 Å². The maximum absolute atomic E-state index is 9.45. The molecule has 0 spiro atoms. The standard InChI is InChI=1S/C13H9NO2/c15-8-5-6-10-9-3-1-2-4-11(9)13(14-16)12(10)7-8/h1-7,15-16H/b14-13+. The van der Waals surface area contributed by atoms with Crippen LogP contribution < -0.4 is 0 Å². The molecule has 0 saturated carbocycles. The molecule has 0 aliphatic heterocycles. The first-order valence-electron chi connectivity index (χ1n) is 4.96. The molecule has 0 aromatic heterocycles. The number of aromatic hydroxyl groups is 1. The van der Waals surface area contributed by atoms with Crippen LogP contribution in [-0.2, 0) is 0 Å². The van der Waals surface area contributed by atoms with Crippen LogP contribution in [0.25, 0.3) is 11.1 Å². The summed E-state index contributed by atoms with van der Waals surface area (Å²) in [6.07, 6.45) is 0. The molecule has 0 fully saturated rings. The fraction of sp³-hybridized carbons (Fsp3) is 0. The van der Waals surface area contributed by atoms with Crippen molar-refractivity contribution in [3.8, 4) is 16.9 Å². The Hall–Kier alpha value is -2.29. The quantitative estimate of drug-likeness (QED) is 0.443. The van der Waals surface area contributed by atoms with Gasteiger partial charge in [-0.25, -0.2) is 0 Å².